The van der Waals surface area contributed by atoms with E-state index >= 15 is 0 Å². The van der Waals surface area contributed by atoms with Crippen LogP contribution in [0.5, 0.6) is 0 Å². The monoisotopic (exact) mass is 231 g/mol. The van der Waals surface area contributed by atoms with E-state index in [2.05, 4.69) is 0 Å². The summed E-state index contributed by atoms with van der Waals surface area (Å²) in [5.74, 6) is -0.339. The summed E-state index contributed by atoms with van der Waals surface area (Å²) in [6, 6.07) is 3.76. The molecule has 84 valence electrons. The Morgan fingerprint density at radius 1 is 1.47 bits per heavy atom. The largest absolute Gasteiger partial charge is 0.377 e. The molecule has 2 nitrogen and oxygen atoms in total. The van der Waals surface area contributed by atoms with Crippen LogP contribution in [0.15, 0.2) is 18.2 Å². The molecule has 1 aromatic carbocycles. The van der Waals surface area contributed by atoms with E-state index < -0.39 is 6.04 Å². The number of hydrogen-bond acceptors (Lipinski definition) is 2. The van der Waals surface area contributed by atoms with E-state index in [1.165, 1.54) is 18.2 Å². The standard InChI is InChI=1S/C11H15ClFNO/c1-7(2)15-6-11(14)9-5-8(13)3-4-10(9)12/h3-5,7,11H,6,14H2,1-2H3. The summed E-state index contributed by atoms with van der Waals surface area (Å²) < 4.78 is 18.3. The van der Waals surface area contributed by atoms with Crippen molar-refractivity contribution in [1.29, 1.82) is 0 Å². The number of ether oxygens (including phenoxy) is 1. The van der Waals surface area contributed by atoms with Crippen molar-refractivity contribution >= 4 is 11.6 Å². The molecule has 2 N–H and O–H groups in total. The van der Waals surface area contributed by atoms with E-state index in [-0.39, 0.29) is 11.9 Å². The van der Waals surface area contributed by atoms with Crippen molar-refractivity contribution < 1.29 is 9.13 Å². The second-order valence-corrected chi connectivity index (χ2v) is 4.06. The molecule has 1 aromatic rings. The van der Waals surface area contributed by atoms with Gasteiger partial charge in [0, 0.05) is 5.02 Å². The van der Waals surface area contributed by atoms with Gasteiger partial charge in [0.1, 0.15) is 5.82 Å². The number of benzene rings is 1. The molecule has 0 amide bonds. The van der Waals surface area contributed by atoms with Crippen molar-refractivity contribution in [3.8, 4) is 0 Å². The van der Waals surface area contributed by atoms with Gasteiger partial charge in [-0.3, -0.25) is 0 Å². The van der Waals surface area contributed by atoms with E-state index in [1.54, 1.807) is 0 Å². The fourth-order valence-electron chi connectivity index (χ4n) is 1.18. The molecule has 0 aliphatic rings. The van der Waals surface area contributed by atoms with Gasteiger partial charge in [0.25, 0.3) is 0 Å². The summed E-state index contributed by atoms with van der Waals surface area (Å²) in [6.07, 6.45) is 0.100. The molecule has 0 spiro atoms. The fraction of sp³-hybridized carbons (Fsp3) is 0.455. The highest BCUT2D eigenvalue weighted by atomic mass is 35.5. The first-order valence-corrected chi connectivity index (χ1v) is 5.20. The highest BCUT2D eigenvalue weighted by Gasteiger charge is 2.12. The minimum Gasteiger partial charge on any atom is -0.377 e. The topological polar surface area (TPSA) is 35.2 Å². The molecule has 4 heteroatoms. The zero-order valence-electron chi connectivity index (χ0n) is 8.84. The molecule has 0 bridgehead atoms. The quantitative estimate of drug-likeness (QED) is 0.865. The van der Waals surface area contributed by atoms with Gasteiger partial charge in [0.15, 0.2) is 0 Å². The van der Waals surface area contributed by atoms with Crippen molar-refractivity contribution in [2.45, 2.75) is 26.0 Å². The molecule has 1 unspecified atom stereocenters. The summed E-state index contributed by atoms with van der Waals surface area (Å²) in [4.78, 5) is 0. The average molecular weight is 232 g/mol. The lowest BCUT2D eigenvalue weighted by atomic mass is 10.1. The van der Waals surface area contributed by atoms with Gasteiger partial charge >= 0.3 is 0 Å². The zero-order valence-corrected chi connectivity index (χ0v) is 9.59. The Balaban J connectivity index is 2.72. The van der Waals surface area contributed by atoms with Gasteiger partial charge in [0.05, 0.1) is 18.8 Å². The Hall–Kier alpha value is -0.640. The lowest BCUT2D eigenvalue weighted by Gasteiger charge is -2.15. The molecule has 0 heterocycles. The SMILES string of the molecule is CC(C)OCC(N)c1cc(F)ccc1Cl. The number of halogens is 2. The maximum Gasteiger partial charge on any atom is 0.123 e. The molecule has 1 rings (SSSR count). The van der Waals surface area contributed by atoms with E-state index in [0.717, 1.165) is 0 Å². The molecule has 0 saturated carbocycles. The number of rotatable bonds is 4. The summed E-state index contributed by atoms with van der Waals surface area (Å²) in [5.41, 5.74) is 6.42. The molecule has 0 aromatic heterocycles. The van der Waals surface area contributed by atoms with Crippen LogP contribution in [0.1, 0.15) is 25.5 Å². The highest BCUT2D eigenvalue weighted by Crippen LogP contribution is 2.22. The Morgan fingerprint density at radius 2 is 2.13 bits per heavy atom. The highest BCUT2D eigenvalue weighted by molar-refractivity contribution is 6.31. The van der Waals surface area contributed by atoms with Crippen molar-refractivity contribution in [3.63, 3.8) is 0 Å². The van der Waals surface area contributed by atoms with Crippen LogP contribution in [0.25, 0.3) is 0 Å². The minimum atomic E-state index is -0.393. The smallest absolute Gasteiger partial charge is 0.123 e. The third-order valence-electron chi connectivity index (χ3n) is 1.97. The summed E-state index contributed by atoms with van der Waals surface area (Å²) in [7, 11) is 0. The number of nitrogens with two attached hydrogens (primary N) is 1. The maximum absolute atomic E-state index is 13.0. The normalized spacial score (nSPS) is 13.2. The minimum absolute atomic E-state index is 0.100. The molecule has 0 saturated heterocycles. The predicted molar refractivity (Wildman–Crippen MR) is 59.4 cm³/mol. The van der Waals surface area contributed by atoms with E-state index in [0.29, 0.717) is 17.2 Å². The fourth-order valence-corrected chi connectivity index (χ4v) is 1.44. The van der Waals surface area contributed by atoms with Gasteiger partial charge in [-0.15, -0.1) is 0 Å². The van der Waals surface area contributed by atoms with Gasteiger partial charge in [-0.1, -0.05) is 11.6 Å². The van der Waals surface area contributed by atoms with Gasteiger partial charge in [-0.25, -0.2) is 4.39 Å². The first-order valence-electron chi connectivity index (χ1n) is 4.83. The third kappa shape index (κ3) is 3.78. The molecule has 0 aliphatic heterocycles. The van der Waals surface area contributed by atoms with Crippen molar-refractivity contribution in [2.75, 3.05) is 6.61 Å². The number of hydrogen-bond donors (Lipinski definition) is 1. The second-order valence-electron chi connectivity index (χ2n) is 3.65. The molecule has 0 aliphatic carbocycles. The van der Waals surface area contributed by atoms with E-state index in [9.17, 15) is 4.39 Å². The molecule has 15 heavy (non-hydrogen) atoms. The van der Waals surface area contributed by atoms with E-state index in [1.807, 2.05) is 13.8 Å². The van der Waals surface area contributed by atoms with Crippen LogP contribution in [0.4, 0.5) is 4.39 Å². The van der Waals surface area contributed by atoms with Crippen molar-refractivity contribution in [3.05, 3.63) is 34.6 Å². The summed E-state index contributed by atoms with van der Waals surface area (Å²) >= 11 is 5.90. The first kappa shape index (κ1) is 12.4. The third-order valence-corrected chi connectivity index (χ3v) is 2.31. The van der Waals surface area contributed by atoms with Gasteiger partial charge in [-0.05, 0) is 37.6 Å². The van der Waals surface area contributed by atoms with Crippen LogP contribution in [-0.2, 0) is 4.74 Å². The molecule has 1 atom stereocenters. The van der Waals surface area contributed by atoms with Gasteiger partial charge < -0.3 is 10.5 Å². The Labute approximate surface area is 94.2 Å². The maximum atomic E-state index is 13.0. The van der Waals surface area contributed by atoms with Gasteiger partial charge in [0.2, 0.25) is 0 Å². The Morgan fingerprint density at radius 3 is 2.73 bits per heavy atom. The Bertz CT molecular complexity index is 330. The molecule has 0 radical (unpaired) electrons. The van der Waals surface area contributed by atoms with E-state index in [4.69, 9.17) is 22.1 Å². The lowest BCUT2D eigenvalue weighted by Crippen LogP contribution is -2.20. The van der Waals surface area contributed by atoms with Crippen molar-refractivity contribution in [2.24, 2.45) is 5.73 Å². The van der Waals surface area contributed by atoms with Crippen LogP contribution in [-0.4, -0.2) is 12.7 Å². The molecule has 0 fully saturated rings. The average Bonchev–Trinajstić information content (AvgIpc) is 2.18. The van der Waals surface area contributed by atoms with Crippen LogP contribution >= 0.6 is 11.6 Å². The van der Waals surface area contributed by atoms with Crippen LogP contribution in [0, 0.1) is 5.82 Å². The Kier molecular flexibility index (Phi) is 4.51. The predicted octanol–water partition coefficient (Wildman–Crippen LogP) is 2.90. The second kappa shape index (κ2) is 5.45. The molecular formula is C11H15ClFNO. The zero-order chi connectivity index (χ0) is 11.4. The van der Waals surface area contributed by atoms with Crippen molar-refractivity contribution in [1.82, 2.24) is 0 Å². The first-order chi connectivity index (χ1) is 7.00. The van der Waals surface area contributed by atoms with Gasteiger partial charge in [-0.2, -0.15) is 0 Å². The lowest BCUT2D eigenvalue weighted by molar-refractivity contribution is 0.0683. The van der Waals surface area contributed by atoms with Crippen LogP contribution < -0.4 is 5.73 Å². The molecular weight excluding hydrogens is 217 g/mol. The van der Waals surface area contributed by atoms with Crippen LogP contribution in [0.2, 0.25) is 5.02 Å². The van der Waals surface area contributed by atoms with Crippen LogP contribution in [0.3, 0.4) is 0 Å². The summed E-state index contributed by atoms with van der Waals surface area (Å²) in [6.45, 7) is 4.17. The summed E-state index contributed by atoms with van der Waals surface area (Å²) in [5, 5.41) is 0.469.